The summed E-state index contributed by atoms with van der Waals surface area (Å²) in [5, 5.41) is 5.59. The van der Waals surface area contributed by atoms with Crippen molar-refractivity contribution in [1.82, 2.24) is 4.98 Å². The van der Waals surface area contributed by atoms with Crippen LogP contribution >= 0.6 is 23.1 Å². The average molecular weight is 383 g/mol. The molecule has 0 aliphatic heterocycles. The second-order valence-corrected chi connectivity index (χ2v) is 8.20. The lowest BCUT2D eigenvalue weighted by Crippen LogP contribution is -2.11. The van der Waals surface area contributed by atoms with Crippen molar-refractivity contribution in [2.75, 3.05) is 11.1 Å². The number of anilines is 1. The largest absolute Gasteiger partial charge is 0.302 e. The Balaban J connectivity index is 1.49. The standard InChI is InChI=1S/C21H22N2OS2/c1-15-10-11-16(2)18(13-15)19-14-26-21(22-19)23-20(24)9-6-12-25-17-7-4-3-5-8-17/h3-5,7-8,10-11,13-14H,6,9,12H2,1-2H3,(H,22,23,24). The Kier molecular flexibility index (Phi) is 6.47. The molecule has 3 nitrogen and oxygen atoms in total. The van der Waals surface area contributed by atoms with E-state index in [0.29, 0.717) is 11.6 Å². The summed E-state index contributed by atoms with van der Waals surface area (Å²) in [5.74, 6) is 0.962. The first-order chi connectivity index (χ1) is 12.6. The number of aromatic nitrogens is 1. The highest BCUT2D eigenvalue weighted by Crippen LogP contribution is 2.28. The van der Waals surface area contributed by atoms with E-state index in [1.165, 1.54) is 27.4 Å². The number of thioether (sulfide) groups is 1. The summed E-state index contributed by atoms with van der Waals surface area (Å²) in [4.78, 5) is 18.0. The third-order valence-corrected chi connectivity index (χ3v) is 5.84. The molecule has 1 aromatic heterocycles. The number of carbonyl (C=O) groups excluding carboxylic acids is 1. The predicted molar refractivity (Wildman–Crippen MR) is 112 cm³/mol. The minimum absolute atomic E-state index is 0.0283. The number of carbonyl (C=O) groups is 1. The maximum Gasteiger partial charge on any atom is 0.226 e. The van der Waals surface area contributed by atoms with E-state index in [2.05, 4.69) is 54.5 Å². The summed E-state index contributed by atoms with van der Waals surface area (Å²) < 4.78 is 0. The highest BCUT2D eigenvalue weighted by molar-refractivity contribution is 7.99. The van der Waals surface area contributed by atoms with E-state index in [1.807, 2.05) is 23.6 Å². The number of nitrogens with one attached hydrogen (secondary N) is 1. The third kappa shape index (κ3) is 5.19. The van der Waals surface area contributed by atoms with Crippen molar-refractivity contribution in [3.63, 3.8) is 0 Å². The van der Waals surface area contributed by atoms with Gasteiger partial charge < -0.3 is 5.32 Å². The van der Waals surface area contributed by atoms with Crippen molar-refractivity contribution in [3.05, 3.63) is 65.0 Å². The molecule has 0 saturated heterocycles. The van der Waals surface area contributed by atoms with Gasteiger partial charge in [0, 0.05) is 22.3 Å². The van der Waals surface area contributed by atoms with E-state index in [9.17, 15) is 4.79 Å². The first-order valence-electron chi connectivity index (χ1n) is 8.62. The Morgan fingerprint density at radius 2 is 1.96 bits per heavy atom. The van der Waals surface area contributed by atoms with Gasteiger partial charge in [0.25, 0.3) is 0 Å². The molecule has 0 unspecified atom stereocenters. The lowest BCUT2D eigenvalue weighted by atomic mass is 10.0. The number of benzene rings is 2. The molecule has 0 aliphatic carbocycles. The fourth-order valence-electron chi connectivity index (χ4n) is 2.59. The number of rotatable bonds is 7. The SMILES string of the molecule is Cc1ccc(C)c(-c2csc(NC(=O)CCCSc3ccccc3)n2)c1. The zero-order valence-corrected chi connectivity index (χ0v) is 16.6. The summed E-state index contributed by atoms with van der Waals surface area (Å²) >= 11 is 3.26. The monoisotopic (exact) mass is 382 g/mol. The number of amides is 1. The van der Waals surface area contributed by atoms with Gasteiger partial charge in [-0.3, -0.25) is 4.79 Å². The Morgan fingerprint density at radius 3 is 2.77 bits per heavy atom. The van der Waals surface area contributed by atoms with Crippen LogP contribution in [0.2, 0.25) is 0 Å². The van der Waals surface area contributed by atoms with Gasteiger partial charge in [0.1, 0.15) is 0 Å². The Hall–Kier alpha value is -2.11. The van der Waals surface area contributed by atoms with Gasteiger partial charge in [0.2, 0.25) is 5.91 Å². The molecule has 1 amide bonds. The molecular formula is C21H22N2OS2. The molecule has 2 aromatic carbocycles. The van der Waals surface area contributed by atoms with E-state index in [0.717, 1.165) is 23.4 Å². The third-order valence-electron chi connectivity index (χ3n) is 3.98. The zero-order valence-electron chi connectivity index (χ0n) is 15.0. The first kappa shape index (κ1) is 18.7. The summed E-state index contributed by atoms with van der Waals surface area (Å²) in [6, 6.07) is 16.6. The van der Waals surface area contributed by atoms with Gasteiger partial charge in [-0.15, -0.1) is 23.1 Å². The van der Waals surface area contributed by atoms with Gasteiger partial charge in [-0.1, -0.05) is 35.9 Å². The molecule has 0 radical (unpaired) electrons. The predicted octanol–water partition coefficient (Wildman–Crippen LogP) is 5.94. The second kappa shape index (κ2) is 9.01. The molecule has 0 bridgehead atoms. The van der Waals surface area contributed by atoms with Crippen LogP contribution in [-0.4, -0.2) is 16.6 Å². The molecule has 0 spiro atoms. The lowest BCUT2D eigenvalue weighted by Gasteiger charge is -2.04. The molecule has 0 atom stereocenters. The summed E-state index contributed by atoms with van der Waals surface area (Å²) in [6.45, 7) is 4.15. The van der Waals surface area contributed by atoms with Crippen LogP contribution in [0.1, 0.15) is 24.0 Å². The molecular weight excluding hydrogens is 360 g/mol. The van der Waals surface area contributed by atoms with Crippen molar-refractivity contribution in [3.8, 4) is 11.3 Å². The Morgan fingerprint density at radius 1 is 1.15 bits per heavy atom. The summed E-state index contributed by atoms with van der Waals surface area (Å²) in [6.07, 6.45) is 1.36. The van der Waals surface area contributed by atoms with Crippen LogP contribution in [0.3, 0.4) is 0 Å². The Bertz CT molecular complexity index is 875. The highest BCUT2D eigenvalue weighted by Gasteiger charge is 2.10. The van der Waals surface area contributed by atoms with Crippen molar-refractivity contribution in [1.29, 1.82) is 0 Å². The van der Waals surface area contributed by atoms with E-state index >= 15 is 0 Å². The van der Waals surface area contributed by atoms with Crippen molar-refractivity contribution in [2.24, 2.45) is 0 Å². The molecule has 3 rings (SSSR count). The van der Waals surface area contributed by atoms with E-state index in [-0.39, 0.29) is 5.91 Å². The van der Waals surface area contributed by atoms with Crippen molar-refractivity contribution < 1.29 is 4.79 Å². The topological polar surface area (TPSA) is 42.0 Å². The van der Waals surface area contributed by atoms with Crippen molar-refractivity contribution in [2.45, 2.75) is 31.6 Å². The van der Waals surface area contributed by atoms with Crippen molar-refractivity contribution >= 4 is 34.1 Å². The summed E-state index contributed by atoms with van der Waals surface area (Å²) in [7, 11) is 0. The van der Waals surface area contributed by atoms with Gasteiger partial charge in [0.05, 0.1) is 5.69 Å². The number of aryl methyl sites for hydroxylation is 2. The van der Waals surface area contributed by atoms with Crippen LogP contribution in [0.15, 0.2) is 58.8 Å². The normalized spacial score (nSPS) is 10.7. The van der Waals surface area contributed by atoms with E-state index < -0.39 is 0 Å². The van der Waals surface area contributed by atoms with E-state index in [1.54, 1.807) is 11.8 Å². The van der Waals surface area contributed by atoms with Gasteiger partial charge in [-0.05, 0) is 49.8 Å². The van der Waals surface area contributed by atoms with Gasteiger partial charge in [0.15, 0.2) is 5.13 Å². The summed E-state index contributed by atoms with van der Waals surface area (Å²) in [5.41, 5.74) is 4.45. The van der Waals surface area contributed by atoms with Gasteiger partial charge >= 0.3 is 0 Å². The number of hydrogen-bond donors (Lipinski definition) is 1. The quantitative estimate of drug-likeness (QED) is 0.406. The molecule has 1 N–H and O–H groups in total. The maximum absolute atomic E-state index is 12.1. The molecule has 0 fully saturated rings. The second-order valence-electron chi connectivity index (χ2n) is 6.17. The smallest absolute Gasteiger partial charge is 0.226 e. The lowest BCUT2D eigenvalue weighted by molar-refractivity contribution is -0.116. The fraction of sp³-hybridized carbons (Fsp3) is 0.238. The van der Waals surface area contributed by atoms with Crippen LogP contribution in [-0.2, 0) is 4.79 Å². The highest BCUT2D eigenvalue weighted by atomic mass is 32.2. The number of nitrogens with zero attached hydrogens (tertiary/aromatic N) is 1. The van der Waals surface area contributed by atoms with Gasteiger partial charge in [-0.25, -0.2) is 4.98 Å². The number of thiazole rings is 1. The number of hydrogen-bond acceptors (Lipinski definition) is 4. The van der Waals surface area contributed by atoms with Gasteiger partial charge in [-0.2, -0.15) is 0 Å². The molecule has 3 aromatic rings. The Labute approximate surface area is 162 Å². The van der Waals surface area contributed by atoms with E-state index in [4.69, 9.17) is 0 Å². The van der Waals surface area contributed by atoms with Crippen LogP contribution in [0.5, 0.6) is 0 Å². The van der Waals surface area contributed by atoms with Crippen LogP contribution < -0.4 is 5.32 Å². The first-order valence-corrected chi connectivity index (χ1v) is 10.5. The van der Waals surface area contributed by atoms with Crippen LogP contribution in [0.25, 0.3) is 11.3 Å². The maximum atomic E-state index is 12.1. The minimum Gasteiger partial charge on any atom is -0.302 e. The minimum atomic E-state index is 0.0283. The zero-order chi connectivity index (χ0) is 18.4. The molecule has 26 heavy (non-hydrogen) atoms. The van der Waals surface area contributed by atoms with Crippen LogP contribution in [0.4, 0.5) is 5.13 Å². The molecule has 1 heterocycles. The molecule has 0 aliphatic rings. The fourth-order valence-corrected chi connectivity index (χ4v) is 4.19. The molecule has 0 saturated carbocycles. The average Bonchev–Trinajstić information content (AvgIpc) is 3.10. The molecule has 5 heteroatoms. The molecule has 134 valence electrons. The van der Waals surface area contributed by atoms with Crippen LogP contribution in [0, 0.1) is 13.8 Å².